The quantitative estimate of drug-likeness (QED) is 0.414. The molecule has 0 saturated heterocycles. The predicted molar refractivity (Wildman–Crippen MR) is 66.7 cm³/mol. The summed E-state index contributed by atoms with van der Waals surface area (Å²) in [5, 5.41) is 3.63. The van der Waals surface area contributed by atoms with Gasteiger partial charge in [0.25, 0.3) is 0 Å². The molecule has 0 aliphatic carbocycles. The number of carbonyl (C=O) groups excluding carboxylic acids is 1. The van der Waals surface area contributed by atoms with E-state index in [0.717, 1.165) is 5.75 Å². The van der Waals surface area contributed by atoms with E-state index < -0.39 is 0 Å². The summed E-state index contributed by atoms with van der Waals surface area (Å²) in [5.41, 5.74) is 0.649. The highest BCUT2D eigenvalue weighted by Crippen LogP contribution is 2.13. The summed E-state index contributed by atoms with van der Waals surface area (Å²) in [4.78, 5) is 16.5. The molecule has 0 fully saturated rings. The van der Waals surface area contributed by atoms with E-state index >= 15 is 0 Å². The van der Waals surface area contributed by atoms with Gasteiger partial charge in [0.2, 0.25) is 0 Å². The lowest BCUT2D eigenvalue weighted by molar-refractivity contribution is 0.0998. The Balaban J connectivity index is 2.51. The molecule has 1 aromatic carbocycles. The number of benzene rings is 1. The van der Waals surface area contributed by atoms with Crippen molar-refractivity contribution in [3.63, 3.8) is 0 Å². The predicted octanol–water partition coefficient (Wildman–Crippen LogP) is 2.68. The van der Waals surface area contributed by atoms with Crippen LogP contribution in [0.5, 0.6) is 5.75 Å². The summed E-state index contributed by atoms with van der Waals surface area (Å²) >= 11 is 0. The largest absolute Gasteiger partial charge is 0.494 e. The van der Waals surface area contributed by atoms with Gasteiger partial charge in [0, 0.05) is 12.0 Å². The summed E-state index contributed by atoms with van der Waals surface area (Å²) in [5.74, 6) is 0.781. The van der Waals surface area contributed by atoms with Crippen molar-refractivity contribution in [1.82, 2.24) is 0 Å². The number of nitrogens with zero attached hydrogens (tertiary/aromatic N) is 1. The van der Waals surface area contributed by atoms with Crippen LogP contribution in [0.4, 0.5) is 0 Å². The molecule has 17 heavy (non-hydrogen) atoms. The van der Waals surface area contributed by atoms with Crippen LogP contribution in [0, 0.1) is 0 Å². The highest BCUT2D eigenvalue weighted by molar-refractivity contribution is 6.03. The third kappa shape index (κ3) is 4.68. The van der Waals surface area contributed by atoms with E-state index in [1.807, 2.05) is 13.8 Å². The van der Waals surface area contributed by atoms with Crippen molar-refractivity contribution in [2.75, 3.05) is 13.2 Å². The Bertz CT molecular complexity index is 371. The summed E-state index contributed by atoms with van der Waals surface area (Å²) in [7, 11) is 0. The zero-order valence-electron chi connectivity index (χ0n) is 10.2. The van der Waals surface area contributed by atoms with Crippen molar-refractivity contribution in [2.45, 2.75) is 20.3 Å². The highest BCUT2D eigenvalue weighted by atomic mass is 16.6. The van der Waals surface area contributed by atoms with Gasteiger partial charge < -0.3 is 9.57 Å². The number of rotatable bonds is 7. The molecule has 0 heterocycles. The number of ketones is 1. The smallest absolute Gasteiger partial charge is 0.168 e. The lowest BCUT2D eigenvalue weighted by atomic mass is 10.1. The fourth-order valence-electron chi connectivity index (χ4n) is 1.27. The maximum Gasteiger partial charge on any atom is 0.168 e. The van der Waals surface area contributed by atoms with Crippen LogP contribution in [-0.2, 0) is 4.84 Å². The van der Waals surface area contributed by atoms with E-state index in [4.69, 9.17) is 9.57 Å². The Labute approximate surface area is 101 Å². The van der Waals surface area contributed by atoms with Crippen molar-refractivity contribution in [2.24, 2.45) is 5.16 Å². The molecule has 0 saturated carbocycles. The second-order valence-electron chi connectivity index (χ2n) is 3.29. The number of hydrogen-bond donors (Lipinski definition) is 0. The topological polar surface area (TPSA) is 47.9 Å². The number of carbonyl (C=O) groups is 1. The van der Waals surface area contributed by atoms with Crippen LogP contribution in [-0.4, -0.2) is 25.2 Å². The normalized spacial score (nSPS) is 10.5. The molecular formula is C13H17NO3. The second-order valence-corrected chi connectivity index (χ2v) is 3.29. The minimum atomic E-state index is 0.0106. The summed E-state index contributed by atoms with van der Waals surface area (Å²) in [6.45, 7) is 4.89. The maximum atomic E-state index is 11.7. The van der Waals surface area contributed by atoms with Gasteiger partial charge in [-0.25, -0.2) is 0 Å². The zero-order chi connectivity index (χ0) is 12.5. The second kappa shape index (κ2) is 7.44. The molecule has 0 bridgehead atoms. The van der Waals surface area contributed by atoms with Crippen LogP contribution in [0.2, 0.25) is 0 Å². The Kier molecular flexibility index (Phi) is 5.79. The van der Waals surface area contributed by atoms with Gasteiger partial charge in [-0.2, -0.15) is 0 Å². The molecule has 0 atom stereocenters. The molecule has 0 aromatic heterocycles. The Morgan fingerprint density at radius 3 is 2.53 bits per heavy atom. The first-order valence-electron chi connectivity index (χ1n) is 5.67. The number of hydrogen-bond acceptors (Lipinski definition) is 4. The van der Waals surface area contributed by atoms with Gasteiger partial charge in [0.05, 0.1) is 12.8 Å². The minimum absolute atomic E-state index is 0.0106. The molecule has 4 heteroatoms. The van der Waals surface area contributed by atoms with Gasteiger partial charge in [0.15, 0.2) is 5.78 Å². The molecule has 1 rings (SSSR count). The molecule has 0 aliphatic heterocycles. The van der Waals surface area contributed by atoms with Gasteiger partial charge in [-0.1, -0.05) is 5.16 Å². The monoisotopic (exact) mass is 235 g/mol. The van der Waals surface area contributed by atoms with E-state index in [-0.39, 0.29) is 12.2 Å². The summed E-state index contributed by atoms with van der Waals surface area (Å²) in [6.07, 6.45) is 1.72. The van der Waals surface area contributed by atoms with Gasteiger partial charge in [-0.3, -0.25) is 4.79 Å². The lowest BCUT2D eigenvalue weighted by Gasteiger charge is -2.03. The Morgan fingerprint density at radius 1 is 1.24 bits per heavy atom. The Hall–Kier alpha value is -1.84. The Morgan fingerprint density at radius 2 is 1.94 bits per heavy atom. The molecule has 0 radical (unpaired) electrons. The van der Waals surface area contributed by atoms with Crippen LogP contribution in [0.1, 0.15) is 30.6 Å². The molecule has 0 amide bonds. The first-order valence-corrected chi connectivity index (χ1v) is 5.67. The average molecular weight is 235 g/mol. The molecular weight excluding hydrogens is 218 g/mol. The van der Waals surface area contributed by atoms with E-state index in [9.17, 15) is 4.79 Å². The third-order valence-corrected chi connectivity index (χ3v) is 2.04. The fraction of sp³-hybridized carbons (Fsp3) is 0.385. The van der Waals surface area contributed by atoms with E-state index in [2.05, 4.69) is 5.16 Å². The molecule has 1 aromatic rings. The van der Waals surface area contributed by atoms with Crippen LogP contribution in [0.3, 0.4) is 0 Å². The molecule has 0 spiro atoms. The zero-order valence-corrected chi connectivity index (χ0v) is 10.2. The molecule has 92 valence electrons. The average Bonchev–Trinajstić information content (AvgIpc) is 2.36. The van der Waals surface area contributed by atoms with Gasteiger partial charge in [-0.05, 0) is 38.1 Å². The van der Waals surface area contributed by atoms with E-state index in [0.29, 0.717) is 18.8 Å². The number of ether oxygens (including phenoxy) is 1. The van der Waals surface area contributed by atoms with E-state index in [1.165, 1.54) is 6.21 Å². The summed E-state index contributed by atoms with van der Waals surface area (Å²) < 4.78 is 5.30. The van der Waals surface area contributed by atoms with Crippen molar-refractivity contribution < 1.29 is 14.4 Å². The van der Waals surface area contributed by atoms with Crippen LogP contribution < -0.4 is 4.74 Å². The van der Waals surface area contributed by atoms with Crippen molar-refractivity contribution in [3.8, 4) is 5.75 Å². The lowest BCUT2D eigenvalue weighted by Crippen LogP contribution is -2.00. The number of oxime groups is 1. The first kappa shape index (κ1) is 13.2. The first-order chi connectivity index (χ1) is 8.27. The maximum absolute atomic E-state index is 11.7. The van der Waals surface area contributed by atoms with Crippen LogP contribution >= 0.6 is 0 Å². The molecule has 0 N–H and O–H groups in total. The fourth-order valence-corrected chi connectivity index (χ4v) is 1.27. The van der Waals surface area contributed by atoms with Gasteiger partial charge in [0.1, 0.15) is 12.4 Å². The number of Topliss-reactive ketones (excluding diaryl/α,β-unsaturated/α-hetero) is 1. The molecule has 0 aliphatic rings. The minimum Gasteiger partial charge on any atom is -0.494 e. The van der Waals surface area contributed by atoms with E-state index in [1.54, 1.807) is 24.3 Å². The van der Waals surface area contributed by atoms with Crippen LogP contribution in [0.15, 0.2) is 29.4 Å². The molecule has 4 nitrogen and oxygen atoms in total. The highest BCUT2D eigenvalue weighted by Gasteiger charge is 2.04. The van der Waals surface area contributed by atoms with Crippen molar-refractivity contribution in [3.05, 3.63) is 29.8 Å². The van der Waals surface area contributed by atoms with Gasteiger partial charge in [-0.15, -0.1) is 0 Å². The van der Waals surface area contributed by atoms with Crippen molar-refractivity contribution in [1.29, 1.82) is 0 Å². The molecule has 0 unspecified atom stereocenters. The summed E-state index contributed by atoms with van der Waals surface area (Å²) in [6, 6.07) is 7.08. The standard InChI is InChI=1S/C13H17NO3/c1-3-16-12-7-5-11(6-8-12)13(15)9-10-14-17-4-2/h5-8,10H,3-4,9H2,1-2H3/b14-10+. The van der Waals surface area contributed by atoms with Crippen molar-refractivity contribution >= 4 is 12.0 Å². The van der Waals surface area contributed by atoms with Crippen LogP contribution in [0.25, 0.3) is 0 Å². The van der Waals surface area contributed by atoms with Gasteiger partial charge >= 0.3 is 0 Å². The third-order valence-electron chi connectivity index (χ3n) is 2.04. The SMILES string of the molecule is CCO/N=C/CC(=O)c1ccc(OCC)cc1.